The van der Waals surface area contributed by atoms with Gasteiger partial charge in [0.1, 0.15) is 6.04 Å². The van der Waals surface area contributed by atoms with E-state index >= 15 is 0 Å². The molecule has 4 rings (SSSR count). The predicted molar refractivity (Wildman–Crippen MR) is 121 cm³/mol. The summed E-state index contributed by atoms with van der Waals surface area (Å²) in [6.45, 7) is 4.48. The molecule has 0 spiro atoms. The minimum Gasteiger partial charge on any atom is -0.480 e. The number of hydrogen-bond donors (Lipinski definition) is 1. The van der Waals surface area contributed by atoms with Gasteiger partial charge >= 0.3 is 5.97 Å². The number of hydrogen-bond acceptors (Lipinski definition) is 4. The Hall–Kier alpha value is -2.24. The lowest BCUT2D eigenvalue weighted by Crippen LogP contribution is -2.33. The number of ether oxygens (including phenoxy) is 1. The molecule has 1 saturated heterocycles. The van der Waals surface area contributed by atoms with Crippen molar-refractivity contribution in [2.24, 2.45) is 5.92 Å². The summed E-state index contributed by atoms with van der Waals surface area (Å²) in [6, 6.07) is 13.4. The quantitative estimate of drug-likeness (QED) is 0.605. The van der Waals surface area contributed by atoms with Crippen LogP contribution in [0.15, 0.2) is 42.5 Å². The Morgan fingerprint density at radius 1 is 1.19 bits per heavy atom. The summed E-state index contributed by atoms with van der Waals surface area (Å²) in [5.41, 5.74) is 4.78. The molecule has 166 valence electrons. The third-order valence-corrected chi connectivity index (χ3v) is 6.65. The van der Waals surface area contributed by atoms with E-state index < -0.39 is 12.0 Å². The standard InChI is InChI=1S/C26H34N2O3/c1-19-10-11-20-12-13-22(27-24(20)17-19)9-5-6-16-31-23-14-15-28(18-23)25(26(29)30)21-7-3-2-4-8-21/h2-4,7-8,12-13,19,23,25H,5-6,9-11,14-18H2,1H3,(H,29,30)/t19?,23-,25?/m1/s1. The molecule has 1 aromatic carbocycles. The molecular formula is C26H34N2O3. The number of aliphatic carboxylic acids is 1. The van der Waals surface area contributed by atoms with E-state index in [1.165, 1.54) is 29.8 Å². The van der Waals surface area contributed by atoms with Gasteiger partial charge in [-0.1, -0.05) is 43.3 Å². The molecule has 31 heavy (non-hydrogen) atoms. The van der Waals surface area contributed by atoms with E-state index in [4.69, 9.17) is 9.72 Å². The molecule has 1 N–H and O–H groups in total. The molecule has 0 amide bonds. The van der Waals surface area contributed by atoms with E-state index in [9.17, 15) is 9.90 Å². The van der Waals surface area contributed by atoms with Crippen LogP contribution >= 0.6 is 0 Å². The number of fused-ring (bicyclic) bond motifs is 1. The first kappa shape index (κ1) is 22.0. The van der Waals surface area contributed by atoms with Crippen LogP contribution in [0.3, 0.4) is 0 Å². The van der Waals surface area contributed by atoms with Crippen molar-refractivity contribution in [3.05, 3.63) is 65.0 Å². The lowest BCUT2D eigenvalue weighted by molar-refractivity contribution is -0.143. The molecule has 5 heteroatoms. The van der Waals surface area contributed by atoms with Gasteiger partial charge in [-0.15, -0.1) is 0 Å². The maximum absolute atomic E-state index is 11.8. The average molecular weight is 423 g/mol. The number of carboxylic acids is 1. The first-order valence-electron chi connectivity index (χ1n) is 11.7. The number of rotatable bonds is 9. The van der Waals surface area contributed by atoms with E-state index in [1.54, 1.807) is 0 Å². The molecule has 2 aromatic rings. The molecule has 1 aliphatic heterocycles. The number of unbranched alkanes of at least 4 members (excludes halogenated alkanes) is 1. The number of aryl methyl sites for hydroxylation is 2. The van der Waals surface area contributed by atoms with Crippen molar-refractivity contribution in [1.29, 1.82) is 0 Å². The predicted octanol–water partition coefficient (Wildman–Crippen LogP) is 4.45. The van der Waals surface area contributed by atoms with Gasteiger partial charge in [0.05, 0.1) is 6.10 Å². The summed E-state index contributed by atoms with van der Waals surface area (Å²) in [5.74, 6) is -0.0453. The lowest BCUT2D eigenvalue weighted by atomic mass is 9.88. The fourth-order valence-electron chi connectivity index (χ4n) is 4.88. The third kappa shape index (κ3) is 5.72. The maximum Gasteiger partial charge on any atom is 0.325 e. The number of carboxylic acid groups (broad SMARTS) is 1. The highest BCUT2D eigenvalue weighted by Crippen LogP contribution is 2.27. The monoisotopic (exact) mass is 422 g/mol. The van der Waals surface area contributed by atoms with Crippen LogP contribution in [0.4, 0.5) is 0 Å². The van der Waals surface area contributed by atoms with E-state index in [-0.39, 0.29) is 6.10 Å². The number of benzene rings is 1. The molecule has 0 saturated carbocycles. The number of likely N-dealkylation sites (tertiary alicyclic amines) is 1. The number of nitrogens with zero attached hydrogens (tertiary/aromatic N) is 2. The molecule has 1 aliphatic carbocycles. The Labute approximate surface area is 185 Å². The van der Waals surface area contributed by atoms with E-state index in [0.29, 0.717) is 6.54 Å². The van der Waals surface area contributed by atoms with E-state index in [1.807, 2.05) is 35.2 Å². The summed E-state index contributed by atoms with van der Waals surface area (Å²) >= 11 is 0. The normalized spacial score (nSPS) is 22.2. The summed E-state index contributed by atoms with van der Waals surface area (Å²) in [6.07, 6.45) is 7.65. The zero-order valence-electron chi connectivity index (χ0n) is 18.5. The van der Waals surface area contributed by atoms with Crippen LogP contribution in [-0.4, -0.2) is 46.8 Å². The van der Waals surface area contributed by atoms with Crippen LogP contribution in [0.5, 0.6) is 0 Å². The van der Waals surface area contributed by atoms with Gasteiger partial charge in [0.2, 0.25) is 0 Å². The van der Waals surface area contributed by atoms with Crippen molar-refractivity contribution in [2.75, 3.05) is 19.7 Å². The van der Waals surface area contributed by atoms with Crippen LogP contribution in [-0.2, 0) is 28.8 Å². The van der Waals surface area contributed by atoms with Crippen molar-refractivity contribution < 1.29 is 14.6 Å². The Balaban J connectivity index is 1.19. The van der Waals surface area contributed by atoms with Crippen molar-refractivity contribution in [3.63, 3.8) is 0 Å². The molecule has 3 atom stereocenters. The number of aromatic nitrogens is 1. The van der Waals surface area contributed by atoms with Gasteiger partial charge in [0.15, 0.2) is 0 Å². The molecule has 1 fully saturated rings. The van der Waals surface area contributed by atoms with E-state index in [0.717, 1.165) is 56.7 Å². The highest BCUT2D eigenvalue weighted by molar-refractivity contribution is 5.75. The average Bonchev–Trinajstić information content (AvgIpc) is 3.22. The molecular weight excluding hydrogens is 388 g/mol. The Morgan fingerprint density at radius 2 is 2.03 bits per heavy atom. The van der Waals surface area contributed by atoms with Gasteiger partial charge in [-0.05, 0) is 68.1 Å². The van der Waals surface area contributed by atoms with Gasteiger partial charge < -0.3 is 9.84 Å². The fourth-order valence-corrected chi connectivity index (χ4v) is 4.88. The zero-order valence-corrected chi connectivity index (χ0v) is 18.5. The van der Waals surface area contributed by atoms with Gasteiger partial charge in [-0.3, -0.25) is 14.7 Å². The summed E-state index contributed by atoms with van der Waals surface area (Å²) < 4.78 is 6.09. The van der Waals surface area contributed by atoms with Crippen LogP contribution < -0.4 is 0 Å². The second kappa shape index (κ2) is 10.4. The highest BCUT2D eigenvalue weighted by Gasteiger charge is 2.33. The minimum atomic E-state index is -0.793. The second-order valence-corrected chi connectivity index (χ2v) is 9.14. The summed E-state index contributed by atoms with van der Waals surface area (Å²) in [7, 11) is 0. The van der Waals surface area contributed by atoms with Crippen LogP contribution in [0.2, 0.25) is 0 Å². The molecule has 0 bridgehead atoms. The third-order valence-electron chi connectivity index (χ3n) is 6.65. The number of carbonyl (C=O) groups is 1. The van der Waals surface area contributed by atoms with Crippen molar-refractivity contribution in [3.8, 4) is 0 Å². The maximum atomic E-state index is 11.8. The minimum absolute atomic E-state index is 0.119. The van der Waals surface area contributed by atoms with Gasteiger partial charge in [0.25, 0.3) is 0 Å². The first-order chi connectivity index (χ1) is 15.1. The molecule has 5 nitrogen and oxygen atoms in total. The van der Waals surface area contributed by atoms with Gasteiger partial charge in [0, 0.05) is 31.1 Å². The van der Waals surface area contributed by atoms with Crippen LogP contribution in [0.25, 0.3) is 0 Å². The fraction of sp³-hybridized carbons (Fsp3) is 0.538. The molecule has 1 aromatic heterocycles. The van der Waals surface area contributed by atoms with Crippen molar-refractivity contribution >= 4 is 5.97 Å². The van der Waals surface area contributed by atoms with Crippen molar-refractivity contribution in [2.45, 2.75) is 64.0 Å². The van der Waals surface area contributed by atoms with E-state index in [2.05, 4.69) is 19.1 Å². The SMILES string of the molecule is CC1CCc2ccc(CCCCO[C@@H]3CCN(C(C(=O)O)c4ccccc4)C3)nc2C1. The molecule has 2 heterocycles. The van der Waals surface area contributed by atoms with Crippen molar-refractivity contribution in [1.82, 2.24) is 9.88 Å². The van der Waals surface area contributed by atoms with Crippen LogP contribution in [0.1, 0.15) is 61.2 Å². The molecule has 0 radical (unpaired) electrons. The Morgan fingerprint density at radius 3 is 2.84 bits per heavy atom. The Kier molecular flexibility index (Phi) is 7.36. The second-order valence-electron chi connectivity index (χ2n) is 9.14. The van der Waals surface area contributed by atoms with Gasteiger partial charge in [-0.25, -0.2) is 0 Å². The first-order valence-corrected chi connectivity index (χ1v) is 11.7. The summed E-state index contributed by atoms with van der Waals surface area (Å²) in [5, 5.41) is 9.73. The largest absolute Gasteiger partial charge is 0.480 e. The zero-order chi connectivity index (χ0) is 21.6. The highest BCUT2D eigenvalue weighted by atomic mass is 16.5. The molecule has 2 unspecified atom stereocenters. The van der Waals surface area contributed by atoms with Gasteiger partial charge in [-0.2, -0.15) is 0 Å². The smallest absolute Gasteiger partial charge is 0.325 e. The molecule has 2 aliphatic rings. The number of pyridine rings is 1. The topological polar surface area (TPSA) is 62.7 Å². The lowest BCUT2D eigenvalue weighted by Gasteiger charge is -2.24. The van der Waals surface area contributed by atoms with Crippen LogP contribution in [0, 0.1) is 5.92 Å². The Bertz CT molecular complexity index is 870. The summed E-state index contributed by atoms with van der Waals surface area (Å²) in [4.78, 5) is 18.8.